The van der Waals surface area contributed by atoms with Crippen molar-refractivity contribution < 1.29 is 9.90 Å². The first-order valence-electron chi connectivity index (χ1n) is 5.53. The normalized spacial score (nSPS) is 20.1. The van der Waals surface area contributed by atoms with Crippen molar-refractivity contribution >= 4 is 17.1 Å². The van der Waals surface area contributed by atoms with Crippen LogP contribution in [0.2, 0.25) is 0 Å². The second kappa shape index (κ2) is 4.90. The fraction of sp³-hybridized carbons (Fsp3) is 0.583. The third-order valence-corrected chi connectivity index (χ3v) is 3.85. The summed E-state index contributed by atoms with van der Waals surface area (Å²) >= 11 is 1.50. The Kier molecular flexibility index (Phi) is 3.54. The number of Topliss-reactive ketones (excluding diaryl/α,β-unsaturated/α-hetero) is 1. The van der Waals surface area contributed by atoms with E-state index in [1.54, 1.807) is 6.07 Å². The number of aliphatic hydroxyl groups excluding tert-OH is 1. The van der Waals surface area contributed by atoms with E-state index in [-0.39, 0.29) is 11.7 Å². The minimum absolute atomic E-state index is 0.0943. The number of carbonyl (C=O) groups excluding carboxylic acids is 1. The summed E-state index contributed by atoms with van der Waals surface area (Å²) < 4.78 is 0. The second-order valence-electron chi connectivity index (χ2n) is 4.22. The standard InChI is InChI=1S/C12H16O2S/c13-11(9-4-2-1-3-5-9)12(14)10-6-7-15-8-10/h6-9,11,13H,1-5H2. The van der Waals surface area contributed by atoms with E-state index >= 15 is 0 Å². The van der Waals surface area contributed by atoms with Crippen molar-refractivity contribution in [1.82, 2.24) is 0 Å². The van der Waals surface area contributed by atoms with Crippen LogP contribution in [0.25, 0.3) is 0 Å². The molecule has 1 aromatic rings. The van der Waals surface area contributed by atoms with Crippen molar-refractivity contribution in [2.24, 2.45) is 5.92 Å². The van der Waals surface area contributed by atoms with Gasteiger partial charge in [0.1, 0.15) is 6.10 Å². The van der Waals surface area contributed by atoms with Crippen LogP contribution in [-0.4, -0.2) is 17.0 Å². The van der Waals surface area contributed by atoms with Gasteiger partial charge < -0.3 is 5.11 Å². The van der Waals surface area contributed by atoms with Crippen molar-refractivity contribution in [2.45, 2.75) is 38.2 Å². The summed E-state index contributed by atoms with van der Waals surface area (Å²) in [7, 11) is 0. The van der Waals surface area contributed by atoms with E-state index in [1.165, 1.54) is 17.8 Å². The van der Waals surface area contributed by atoms with Crippen LogP contribution in [0.1, 0.15) is 42.5 Å². The van der Waals surface area contributed by atoms with Crippen LogP contribution >= 0.6 is 11.3 Å². The molecule has 2 nitrogen and oxygen atoms in total. The molecule has 15 heavy (non-hydrogen) atoms. The van der Waals surface area contributed by atoms with Crippen molar-refractivity contribution in [1.29, 1.82) is 0 Å². The van der Waals surface area contributed by atoms with Gasteiger partial charge in [-0.05, 0) is 30.2 Å². The summed E-state index contributed by atoms with van der Waals surface area (Å²) in [4.78, 5) is 11.9. The fourth-order valence-electron chi connectivity index (χ4n) is 2.24. The minimum Gasteiger partial charge on any atom is -0.385 e. The fourth-order valence-corrected chi connectivity index (χ4v) is 2.88. The molecular formula is C12H16O2S. The highest BCUT2D eigenvalue weighted by molar-refractivity contribution is 7.08. The van der Waals surface area contributed by atoms with Crippen LogP contribution in [0, 0.1) is 5.92 Å². The number of hydrogen-bond acceptors (Lipinski definition) is 3. The van der Waals surface area contributed by atoms with Crippen LogP contribution in [-0.2, 0) is 0 Å². The summed E-state index contributed by atoms with van der Waals surface area (Å²) in [6.07, 6.45) is 4.77. The van der Waals surface area contributed by atoms with E-state index in [0.29, 0.717) is 5.56 Å². The maximum absolute atomic E-state index is 11.9. The van der Waals surface area contributed by atoms with Gasteiger partial charge in [0, 0.05) is 10.9 Å². The van der Waals surface area contributed by atoms with Crippen molar-refractivity contribution in [3.63, 3.8) is 0 Å². The average molecular weight is 224 g/mol. The largest absolute Gasteiger partial charge is 0.385 e. The van der Waals surface area contributed by atoms with Gasteiger partial charge in [0.2, 0.25) is 0 Å². The van der Waals surface area contributed by atoms with E-state index in [0.717, 1.165) is 25.7 Å². The van der Waals surface area contributed by atoms with Crippen LogP contribution in [0.15, 0.2) is 16.8 Å². The molecule has 1 atom stereocenters. The molecule has 0 radical (unpaired) electrons. The Bertz CT molecular complexity index is 312. The molecule has 1 aliphatic rings. The van der Waals surface area contributed by atoms with Crippen molar-refractivity contribution in [3.05, 3.63) is 22.4 Å². The topological polar surface area (TPSA) is 37.3 Å². The van der Waals surface area contributed by atoms with Gasteiger partial charge in [0.15, 0.2) is 5.78 Å². The summed E-state index contributed by atoms with van der Waals surface area (Å²) in [6, 6.07) is 1.79. The number of ketones is 1. The molecule has 0 amide bonds. The zero-order valence-corrected chi connectivity index (χ0v) is 9.50. The molecule has 1 unspecified atom stereocenters. The van der Waals surface area contributed by atoms with Crippen LogP contribution < -0.4 is 0 Å². The third-order valence-electron chi connectivity index (χ3n) is 3.17. The van der Waals surface area contributed by atoms with Gasteiger partial charge in [0.05, 0.1) is 0 Å². The first-order chi connectivity index (χ1) is 7.29. The molecule has 1 aliphatic carbocycles. The lowest BCUT2D eigenvalue weighted by Gasteiger charge is -2.25. The third kappa shape index (κ3) is 2.47. The molecule has 1 fully saturated rings. The lowest BCUT2D eigenvalue weighted by Crippen LogP contribution is -2.30. The summed E-state index contributed by atoms with van der Waals surface area (Å²) in [5.74, 6) is 0.0919. The molecule has 2 rings (SSSR count). The maximum atomic E-state index is 11.9. The Hall–Kier alpha value is -0.670. The van der Waals surface area contributed by atoms with Gasteiger partial charge in [-0.25, -0.2) is 0 Å². The molecule has 0 saturated heterocycles. The SMILES string of the molecule is O=C(c1ccsc1)C(O)C1CCCCC1. The predicted octanol–water partition coefficient (Wildman–Crippen LogP) is 2.87. The molecule has 0 aromatic carbocycles. The average Bonchev–Trinajstić information content (AvgIpc) is 2.82. The summed E-state index contributed by atoms with van der Waals surface area (Å²) in [6.45, 7) is 0. The molecule has 0 aliphatic heterocycles. The quantitative estimate of drug-likeness (QED) is 0.802. The molecule has 1 saturated carbocycles. The molecule has 0 bridgehead atoms. The second-order valence-corrected chi connectivity index (χ2v) is 5.00. The van der Waals surface area contributed by atoms with Gasteiger partial charge in [-0.15, -0.1) is 0 Å². The van der Waals surface area contributed by atoms with Gasteiger partial charge >= 0.3 is 0 Å². The van der Waals surface area contributed by atoms with E-state index in [4.69, 9.17) is 0 Å². The first-order valence-corrected chi connectivity index (χ1v) is 6.48. The van der Waals surface area contributed by atoms with E-state index < -0.39 is 6.10 Å². The van der Waals surface area contributed by atoms with Crippen LogP contribution in [0.4, 0.5) is 0 Å². The monoisotopic (exact) mass is 224 g/mol. The Labute approximate surface area is 93.9 Å². The van der Waals surface area contributed by atoms with Gasteiger partial charge in [-0.1, -0.05) is 19.3 Å². The summed E-state index contributed by atoms with van der Waals surface area (Å²) in [5, 5.41) is 13.7. The van der Waals surface area contributed by atoms with E-state index in [2.05, 4.69) is 0 Å². The first kappa shape index (κ1) is 10.8. The minimum atomic E-state index is -0.778. The Morgan fingerprint density at radius 2 is 2.13 bits per heavy atom. The van der Waals surface area contributed by atoms with E-state index in [9.17, 15) is 9.90 Å². The van der Waals surface area contributed by atoms with Gasteiger partial charge in [-0.3, -0.25) is 4.79 Å². The highest BCUT2D eigenvalue weighted by atomic mass is 32.1. The number of thiophene rings is 1. The molecule has 0 spiro atoms. The Balaban J connectivity index is 2.00. The molecule has 82 valence electrons. The number of rotatable bonds is 3. The summed E-state index contributed by atoms with van der Waals surface area (Å²) in [5.41, 5.74) is 0.665. The number of carbonyl (C=O) groups is 1. The number of aliphatic hydroxyl groups is 1. The highest BCUT2D eigenvalue weighted by Crippen LogP contribution is 2.28. The van der Waals surface area contributed by atoms with E-state index in [1.807, 2.05) is 10.8 Å². The van der Waals surface area contributed by atoms with Gasteiger partial charge in [-0.2, -0.15) is 11.3 Å². The van der Waals surface area contributed by atoms with Crippen molar-refractivity contribution in [2.75, 3.05) is 0 Å². The van der Waals surface area contributed by atoms with Gasteiger partial charge in [0.25, 0.3) is 0 Å². The lowest BCUT2D eigenvalue weighted by molar-refractivity contribution is 0.0535. The molecular weight excluding hydrogens is 208 g/mol. The lowest BCUT2D eigenvalue weighted by atomic mass is 9.83. The van der Waals surface area contributed by atoms with Crippen LogP contribution in [0.5, 0.6) is 0 Å². The Morgan fingerprint density at radius 3 is 2.73 bits per heavy atom. The van der Waals surface area contributed by atoms with Crippen molar-refractivity contribution in [3.8, 4) is 0 Å². The smallest absolute Gasteiger partial charge is 0.192 e. The van der Waals surface area contributed by atoms with Crippen LogP contribution in [0.3, 0.4) is 0 Å². The predicted molar refractivity (Wildman–Crippen MR) is 61.2 cm³/mol. The Morgan fingerprint density at radius 1 is 1.40 bits per heavy atom. The molecule has 1 N–H and O–H groups in total. The highest BCUT2D eigenvalue weighted by Gasteiger charge is 2.28. The molecule has 1 aromatic heterocycles. The molecule has 3 heteroatoms. The zero-order valence-electron chi connectivity index (χ0n) is 8.69. The zero-order chi connectivity index (χ0) is 10.7. The molecule has 1 heterocycles. The maximum Gasteiger partial charge on any atom is 0.192 e. The number of hydrogen-bond donors (Lipinski definition) is 1.